The van der Waals surface area contributed by atoms with E-state index >= 15 is 0 Å². The summed E-state index contributed by atoms with van der Waals surface area (Å²) in [5.74, 6) is 1.63. The molecule has 1 fully saturated rings. The van der Waals surface area contributed by atoms with Gasteiger partial charge in [0.2, 0.25) is 0 Å². The molecule has 0 bridgehead atoms. The zero-order chi connectivity index (χ0) is 14.1. The maximum absolute atomic E-state index is 3.69. The molecule has 114 valence electrons. The van der Waals surface area contributed by atoms with Crippen LogP contribution < -0.4 is 5.32 Å². The first-order valence-corrected chi connectivity index (χ1v) is 8.55. The minimum absolute atomic E-state index is 0.698. The fourth-order valence-electron chi connectivity index (χ4n) is 2.92. The molecule has 0 spiro atoms. The highest BCUT2D eigenvalue weighted by Gasteiger charge is 2.19. The van der Waals surface area contributed by atoms with E-state index in [1.807, 2.05) is 0 Å². The van der Waals surface area contributed by atoms with E-state index in [9.17, 15) is 0 Å². The Hall–Kier alpha value is -0.0800. The Morgan fingerprint density at radius 1 is 1.05 bits per heavy atom. The lowest BCUT2D eigenvalue weighted by Gasteiger charge is -2.26. The molecule has 0 radical (unpaired) electrons. The van der Waals surface area contributed by atoms with Crippen molar-refractivity contribution >= 4 is 0 Å². The summed E-state index contributed by atoms with van der Waals surface area (Å²) in [7, 11) is 0. The molecule has 1 saturated heterocycles. The molecule has 0 amide bonds. The van der Waals surface area contributed by atoms with Crippen molar-refractivity contribution in [2.24, 2.45) is 11.8 Å². The second-order valence-corrected chi connectivity index (χ2v) is 7.06. The van der Waals surface area contributed by atoms with Crippen molar-refractivity contribution < 1.29 is 0 Å². The SMILES string of the molecule is CC(C)CCCCCCN1CCCNC(C(C)C)C1. The number of hydrogen-bond acceptors (Lipinski definition) is 2. The molecular formula is C17H36N2. The van der Waals surface area contributed by atoms with Gasteiger partial charge in [-0.3, -0.25) is 0 Å². The van der Waals surface area contributed by atoms with Crippen LogP contribution in [0.5, 0.6) is 0 Å². The van der Waals surface area contributed by atoms with Gasteiger partial charge in [0, 0.05) is 12.6 Å². The Bertz CT molecular complexity index is 213. The van der Waals surface area contributed by atoms with E-state index in [1.54, 1.807) is 0 Å². The molecule has 0 aromatic heterocycles. The monoisotopic (exact) mass is 268 g/mol. The average Bonchev–Trinajstić information content (AvgIpc) is 2.59. The first kappa shape index (κ1) is 17.0. The Balaban J connectivity index is 2.10. The summed E-state index contributed by atoms with van der Waals surface area (Å²) < 4.78 is 0. The summed E-state index contributed by atoms with van der Waals surface area (Å²) in [4.78, 5) is 2.69. The molecule has 1 aliphatic heterocycles. The van der Waals surface area contributed by atoms with Crippen molar-refractivity contribution in [1.82, 2.24) is 10.2 Å². The van der Waals surface area contributed by atoms with E-state index in [0.717, 1.165) is 11.8 Å². The number of unbranched alkanes of at least 4 members (excludes halogenated alkanes) is 3. The summed E-state index contributed by atoms with van der Waals surface area (Å²) in [6, 6.07) is 0.698. The van der Waals surface area contributed by atoms with E-state index in [1.165, 1.54) is 64.7 Å². The number of nitrogens with zero attached hydrogens (tertiary/aromatic N) is 1. The van der Waals surface area contributed by atoms with Crippen molar-refractivity contribution in [3.05, 3.63) is 0 Å². The zero-order valence-corrected chi connectivity index (χ0v) is 13.8. The summed E-state index contributed by atoms with van der Waals surface area (Å²) in [6.07, 6.45) is 8.39. The molecule has 1 aliphatic rings. The fraction of sp³-hybridized carbons (Fsp3) is 1.00. The number of hydrogen-bond donors (Lipinski definition) is 1. The molecule has 1 atom stereocenters. The van der Waals surface area contributed by atoms with Gasteiger partial charge in [-0.05, 0) is 44.3 Å². The summed E-state index contributed by atoms with van der Waals surface area (Å²) in [5, 5.41) is 3.69. The molecule has 0 saturated carbocycles. The molecule has 1 rings (SSSR count). The van der Waals surface area contributed by atoms with Crippen LogP contribution in [0.3, 0.4) is 0 Å². The quantitative estimate of drug-likeness (QED) is 0.671. The fourth-order valence-corrected chi connectivity index (χ4v) is 2.92. The van der Waals surface area contributed by atoms with E-state index in [-0.39, 0.29) is 0 Å². The average molecular weight is 268 g/mol. The molecule has 0 aromatic rings. The van der Waals surface area contributed by atoms with Crippen LogP contribution in [0.2, 0.25) is 0 Å². The van der Waals surface area contributed by atoms with Crippen molar-refractivity contribution in [2.75, 3.05) is 26.2 Å². The Kier molecular flexibility index (Phi) is 8.72. The summed E-state index contributed by atoms with van der Waals surface area (Å²) in [5.41, 5.74) is 0. The van der Waals surface area contributed by atoms with Gasteiger partial charge in [-0.2, -0.15) is 0 Å². The topological polar surface area (TPSA) is 15.3 Å². The van der Waals surface area contributed by atoms with Gasteiger partial charge in [0.1, 0.15) is 0 Å². The van der Waals surface area contributed by atoms with Gasteiger partial charge in [0.05, 0.1) is 0 Å². The highest BCUT2D eigenvalue weighted by atomic mass is 15.2. The lowest BCUT2D eigenvalue weighted by atomic mass is 10.0. The van der Waals surface area contributed by atoms with Gasteiger partial charge in [0.25, 0.3) is 0 Å². The second kappa shape index (κ2) is 9.77. The normalized spacial score (nSPS) is 22.1. The molecule has 19 heavy (non-hydrogen) atoms. The Morgan fingerprint density at radius 2 is 1.79 bits per heavy atom. The zero-order valence-electron chi connectivity index (χ0n) is 13.8. The van der Waals surface area contributed by atoms with Crippen LogP contribution in [-0.2, 0) is 0 Å². The first-order chi connectivity index (χ1) is 9.09. The highest BCUT2D eigenvalue weighted by molar-refractivity contribution is 4.78. The van der Waals surface area contributed by atoms with Crippen LogP contribution in [0.4, 0.5) is 0 Å². The van der Waals surface area contributed by atoms with Crippen LogP contribution in [0.1, 0.15) is 66.2 Å². The largest absolute Gasteiger partial charge is 0.312 e. The van der Waals surface area contributed by atoms with E-state index < -0.39 is 0 Å². The Labute approximate surface area is 121 Å². The lowest BCUT2D eigenvalue weighted by Crippen LogP contribution is -2.41. The van der Waals surface area contributed by atoms with Gasteiger partial charge in [-0.1, -0.05) is 53.4 Å². The van der Waals surface area contributed by atoms with E-state index in [0.29, 0.717) is 6.04 Å². The van der Waals surface area contributed by atoms with Crippen molar-refractivity contribution in [2.45, 2.75) is 72.3 Å². The van der Waals surface area contributed by atoms with Gasteiger partial charge < -0.3 is 10.2 Å². The minimum Gasteiger partial charge on any atom is -0.312 e. The molecule has 1 unspecified atom stereocenters. The van der Waals surface area contributed by atoms with E-state index in [4.69, 9.17) is 0 Å². The number of nitrogens with one attached hydrogen (secondary N) is 1. The molecule has 1 heterocycles. The second-order valence-electron chi connectivity index (χ2n) is 7.06. The van der Waals surface area contributed by atoms with Crippen LogP contribution >= 0.6 is 0 Å². The Morgan fingerprint density at radius 3 is 2.47 bits per heavy atom. The third-order valence-corrected chi connectivity index (χ3v) is 4.32. The van der Waals surface area contributed by atoms with Crippen LogP contribution in [0, 0.1) is 11.8 Å². The van der Waals surface area contributed by atoms with Crippen molar-refractivity contribution in [3.8, 4) is 0 Å². The van der Waals surface area contributed by atoms with Crippen LogP contribution in [-0.4, -0.2) is 37.1 Å². The third-order valence-electron chi connectivity index (χ3n) is 4.32. The molecule has 0 aromatic carbocycles. The van der Waals surface area contributed by atoms with E-state index in [2.05, 4.69) is 37.9 Å². The van der Waals surface area contributed by atoms with Crippen LogP contribution in [0.15, 0.2) is 0 Å². The maximum Gasteiger partial charge on any atom is 0.0217 e. The maximum atomic E-state index is 3.69. The predicted octanol–water partition coefficient (Wildman–Crippen LogP) is 3.91. The molecule has 0 aliphatic carbocycles. The van der Waals surface area contributed by atoms with Gasteiger partial charge in [0.15, 0.2) is 0 Å². The minimum atomic E-state index is 0.698. The van der Waals surface area contributed by atoms with Gasteiger partial charge in [-0.25, -0.2) is 0 Å². The number of rotatable bonds is 8. The van der Waals surface area contributed by atoms with Gasteiger partial charge >= 0.3 is 0 Å². The lowest BCUT2D eigenvalue weighted by molar-refractivity contribution is 0.240. The molecule has 1 N–H and O–H groups in total. The smallest absolute Gasteiger partial charge is 0.0217 e. The van der Waals surface area contributed by atoms with Gasteiger partial charge in [-0.15, -0.1) is 0 Å². The molecular weight excluding hydrogens is 232 g/mol. The first-order valence-electron chi connectivity index (χ1n) is 8.55. The van der Waals surface area contributed by atoms with Crippen molar-refractivity contribution in [1.29, 1.82) is 0 Å². The van der Waals surface area contributed by atoms with Crippen molar-refractivity contribution in [3.63, 3.8) is 0 Å². The summed E-state index contributed by atoms with van der Waals surface area (Å²) >= 11 is 0. The standard InChI is InChI=1S/C17H36N2/c1-15(2)10-7-5-6-8-12-19-13-9-11-18-17(14-19)16(3)4/h15-18H,5-14H2,1-4H3. The molecule has 2 nitrogen and oxygen atoms in total. The third kappa shape index (κ3) is 7.94. The van der Waals surface area contributed by atoms with Crippen LogP contribution in [0.25, 0.3) is 0 Å². The predicted molar refractivity (Wildman–Crippen MR) is 85.6 cm³/mol. The highest BCUT2D eigenvalue weighted by Crippen LogP contribution is 2.12. The summed E-state index contributed by atoms with van der Waals surface area (Å²) in [6.45, 7) is 14.4. The molecule has 2 heteroatoms.